The molecular weight excluding hydrogens is 292 g/mol. The quantitative estimate of drug-likeness (QED) is 0.685. The third-order valence-electron chi connectivity index (χ3n) is 4.35. The number of aliphatic hydroxyl groups excluding tert-OH is 1. The van der Waals surface area contributed by atoms with Crippen molar-refractivity contribution in [3.8, 4) is 0 Å². The smallest absolute Gasteiger partial charge is 0.251 e. The standard InChI is InChI=1S/C18H24N2O3/c21-9-11-23-10-3-8-19-18(22)13-6-7-17-15(12-13)14-4-1-2-5-16(14)20-17/h6-7,12,20-21H,1-5,8-11H2,(H,19,22). The largest absolute Gasteiger partial charge is 0.394 e. The summed E-state index contributed by atoms with van der Waals surface area (Å²) in [6.07, 6.45) is 5.42. The number of amides is 1. The Hall–Kier alpha value is -1.85. The maximum atomic E-state index is 12.3. The first-order valence-corrected chi connectivity index (χ1v) is 8.40. The molecule has 23 heavy (non-hydrogen) atoms. The van der Waals surface area contributed by atoms with Crippen LogP contribution >= 0.6 is 0 Å². The van der Waals surface area contributed by atoms with E-state index in [0.29, 0.717) is 25.3 Å². The molecule has 2 aromatic rings. The first kappa shape index (κ1) is 16.0. The number of aromatic nitrogens is 1. The Kier molecular flexibility index (Phi) is 5.31. The number of carbonyl (C=O) groups is 1. The fraction of sp³-hybridized carbons (Fsp3) is 0.500. The number of nitrogens with one attached hydrogen (secondary N) is 2. The van der Waals surface area contributed by atoms with Crippen LogP contribution in [0.2, 0.25) is 0 Å². The van der Waals surface area contributed by atoms with Crippen LogP contribution in [0.5, 0.6) is 0 Å². The lowest BCUT2D eigenvalue weighted by atomic mass is 9.95. The zero-order valence-electron chi connectivity index (χ0n) is 13.4. The predicted octanol–water partition coefficient (Wildman–Crippen LogP) is 2.18. The SMILES string of the molecule is O=C(NCCCOCCO)c1ccc2[nH]c3c(c2c1)CCCC3. The minimum atomic E-state index is -0.0418. The molecule has 0 radical (unpaired) electrons. The van der Waals surface area contributed by atoms with Crippen LogP contribution in [-0.4, -0.2) is 42.4 Å². The number of aromatic amines is 1. The Labute approximate surface area is 136 Å². The van der Waals surface area contributed by atoms with Gasteiger partial charge in [0, 0.05) is 35.3 Å². The highest BCUT2D eigenvalue weighted by Gasteiger charge is 2.16. The van der Waals surface area contributed by atoms with Gasteiger partial charge in [-0.15, -0.1) is 0 Å². The van der Waals surface area contributed by atoms with Crippen LogP contribution in [0.25, 0.3) is 10.9 Å². The second-order valence-electron chi connectivity index (χ2n) is 6.00. The van der Waals surface area contributed by atoms with Crippen molar-refractivity contribution in [2.75, 3.05) is 26.4 Å². The molecule has 5 nitrogen and oxygen atoms in total. The van der Waals surface area contributed by atoms with Crippen LogP contribution < -0.4 is 5.32 Å². The fourth-order valence-electron chi connectivity index (χ4n) is 3.19. The average Bonchev–Trinajstić information content (AvgIpc) is 2.95. The summed E-state index contributed by atoms with van der Waals surface area (Å²) >= 11 is 0. The molecule has 0 aliphatic heterocycles. The van der Waals surface area contributed by atoms with Gasteiger partial charge >= 0.3 is 0 Å². The number of aliphatic hydroxyl groups is 1. The lowest BCUT2D eigenvalue weighted by molar-refractivity contribution is 0.0867. The van der Waals surface area contributed by atoms with Gasteiger partial charge in [-0.25, -0.2) is 0 Å². The molecule has 1 aromatic carbocycles. The third-order valence-corrected chi connectivity index (χ3v) is 4.35. The summed E-state index contributed by atoms with van der Waals surface area (Å²) in [7, 11) is 0. The molecule has 124 valence electrons. The molecule has 0 spiro atoms. The first-order chi connectivity index (χ1) is 11.3. The van der Waals surface area contributed by atoms with E-state index in [1.807, 2.05) is 18.2 Å². The molecule has 3 rings (SSSR count). The molecule has 1 aliphatic carbocycles. The summed E-state index contributed by atoms with van der Waals surface area (Å²) in [6.45, 7) is 1.51. The van der Waals surface area contributed by atoms with Gasteiger partial charge in [-0.3, -0.25) is 4.79 Å². The van der Waals surface area contributed by atoms with E-state index in [0.717, 1.165) is 24.8 Å². The number of hydrogen-bond acceptors (Lipinski definition) is 3. The van der Waals surface area contributed by atoms with Crippen LogP contribution in [-0.2, 0) is 17.6 Å². The molecule has 1 aliphatic rings. The number of aryl methyl sites for hydroxylation is 2. The summed E-state index contributed by atoms with van der Waals surface area (Å²) in [6, 6.07) is 5.89. The maximum Gasteiger partial charge on any atom is 0.251 e. The van der Waals surface area contributed by atoms with Crippen molar-refractivity contribution < 1.29 is 14.6 Å². The molecule has 0 atom stereocenters. The number of rotatable bonds is 7. The molecule has 1 heterocycles. The number of carbonyl (C=O) groups excluding carboxylic acids is 1. The average molecular weight is 316 g/mol. The van der Waals surface area contributed by atoms with Crippen LogP contribution in [0.3, 0.4) is 0 Å². The number of benzene rings is 1. The van der Waals surface area contributed by atoms with E-state index in [1.54, 1.807) is 0 Å². The van der Waals surface area contributed by atoms with Gasteiger partial charge in [0.1, 0.15) is 0 Å². The zero-order valence-corrected chi connectivity index (χ0v) is 13.4. The second kappa shape index (κ2) is 7.62. The lowest BCUT2D eigenvalue weighted by Crippen LogP contribution is -2.25. The summed E-state index contributed by atoms with van der Waals surface area (Å²) < 4.78 is 5.17. The molecular formula is C18H24N2O3. The van der Waals surface area contributed by atoms with Crippen molar-refractivity contribution in [1.29, 1.82) is 0 Å². The molecule has 5 heteroatoms. The Bertz CT molecular complexity index is 678. The number of hydrogen-bond donors (Lipinski definition) is 3. The monoisotopic (exact) mass is 316 g/mol. The van der Waals surface area contributed by atoms with Gasteiger partial charge in [0.25, 0.3) is 5.91 Å². The van der Waals surface area contributed by atoms with Gasteiger partial charge in [0.05, 0.1) is 13.2 Å². The highest BCUT2D eigenvalue weighted by atomic mass is 16.5. The van der Waals surface area contributed by atoms with E-state index in [4.69, 9.17) is 9.84 Å². The lowest BCUT2D eigenvalue weighted by Gasteiger charge is -2.10. The van der Waals surface area contributed by atoms with E-state index in [-0.39, 0.29) is 12.5 Å². The van der Waals surface area contributed by atoms with Gasteiger partial charge in [-0.1, -0.05) is 0 Å². The van der Waals surface area contributed by atoms with Gasteiger partial charge < -0.3 is 20.1 Å². The minimum absolute atomic E-state index is 0.0351. The van der Waals surface area contributed by atoms with Gasteiger partial charge in [-0.05, 0) is 55.9 Å². The van der Waals surface area contributed by atoms with E-state index in [2.05, 4.69) is 10.3 Å². The van der Waals surface area contributed by atoms with Crippen molar-refractivity contribution in [1.82, 2.24) is 10.3 Å². The Balaban J connectivity index is 1.62. The van der Waals surface area contributed by atoms with Crippen LogP contribution in [0, 0.1) is 0 Å². The molecule has 0 bridgehead atoms. The molecule has 0 saturated carbocycles. The summed E-state index contributed by atoms with van der Waals surface area (Å²) in [5, 5.41) is 12.7. The van der Waals surface area contributed by atoms with E-state index in [9.17, 15) is 4.79 Å². The maximum absolute atomic E-state index is 12.3. The Morgan fingerprint density at radius 2 is 2.13 bits per heavy atom. The normalized spacial score (nSPS) is 14.0. The molecule has 1 aromatic heterocycles. The van der Waals surface area contributed by atoms with E-state index in [1.165, 1.54) is 29.5 Å². The highest BCUT2D eigenvalue weighted by Crippen LogP contribution is 2.29. The van der Waals surface area contributed by atoms with Crippen molar-refractivity contribution >= 4 is 16.8 Å². The molecule has 0 saturated heterocycles. The van der Waals surface area contributed by atoms with Crippen molar-refractivity contribution in [2.45, 2.75) is 32.1 Å². The van der Waals surface area contributed by atoms with Crippen LogP contribution in [0.15, 0.2) is 18.2 Å². The first-order valence-electron chi connectivity index (χ1n) is 8.40. The van der Waals surface area contributed by atoms with Gasteiger partial charge in [-0.2, -0.15) is 0 Å². The van der Waals surface area contributed by atoms with Crippen molar-refractivity contribution in [2.24, 2.45) is 0 Å². The predicted molar refractivity (Wildman–Crippen MR) is 89.8 cm³/mol. The zero-order chi connectivity index (χ0) is 16.1. The summed E-state index contributed by atoms with van der Waals surface area (Å²) in [4.78, 5) is 15.8. The molecule has 1 amide bonds. The van der Waals surface area contributed by atoms with Crippen molar-refractivity contribution in [3.63, 3.8) is 0 Å². The molecule has 0 unspecified atom stereocenters. The van der Waals surface area contributed by atoms with Crippen LogP contribution in [0.4, 0.5) is 0 Å². The summed E-state index contributed by atoms with van der Waals surface area (Å²) in [5.41, 5.74) is 4.56. The van der Waals surface area contributed by atoms with Crippen molar-refractivity contribution in [3.05, 3.63) is 35.0 Å². The topological polar surface area (TPSA) is 74.3 Å². The number of ether oxygens (including phenoxy) is 1. The molecule has 0 fully saturated rings. The number of H-pyrrole nitrogens is 1. The fourth-order valence-corrected chi connectivity index (χ4v) is 3.19. The van der Waals surface area contributed by atoms with E-state index >= 15 is 0 Å². The highest BCUT2D eigenvalue weighted by molar-refractivity contribution is 5.99. The Morgan fingerprint density at radius 1 is 1.26 bits per heavy atom. The summed E-state index contributed by atoms with van der Waals surface area (Å²) in [5.74, 6) is -0.0418. The minimum Gasteiger partial charge on any atom is -0.394 e. The van der Waals surface area contributed by atoms with Gasteiger partial charge in [0.15, 0.2) is 0 Å². The van der Waals surface area contributed by atoms with E-state index < -0.39 is 0 Å². The third kappa shape index (κ3) is 3.74. The number of fused-ring (bicyclic) bond motifs is 3. The second-order valence-corrected chi connectivity index (χ2v) is 6.00. The molecule has 3 N–H and O–H groups in total. The van der Waals surface area contributed by atoms with Crippen LogP contribution in [0.1, 0.15) is 40.9 Å². The Morgan fingerprint density at radius 3 is 3.00 bits per heavy atom. The van der Waals surface area contributed by atoms with Gasteiger partial charge in [0.2, 0.25) is 0 Å².